The van der Waals surface area contributed by atoms with E-state index >= 15 is 0 Å². The summed E-state index contributed by atoms with van der Waals surface area (Å²) in [6.45, 7) is 5.93. The van der Waals surface area contributed by atoms with Crippen molar-refractivity contribution in [1.29, 1.82) is 0 Å². The highest BCUT2D eigenvalue weighted by Crippen LogP contribution is 2.21. The number of amides is 3. The number of hydrogen-bond donors (Lipinski definition) is 1. The minimum Gasteiger partial charge on any atom is -0.323 e. The number of alkyl halides is 1. The summed E-state index contributed by atoms with van der Waals surface area (Å²) in [5.74, 6) is 0.424. The lowest BCUT2D eigenvalue weighted by atomic mass is 9.99. The van der Waals surface area contributed by atoms with Crippen LogP contribution in [0.25, 0.3) is 0 Å². The maximum atomic E-state index is 11.9. The molecule has 0 saturated carbocycles. The summed E-state index contributed by atoms with van der Waals surface area (Å²) in [5, 5.41) is 2.70. The zero-order valence-corrected chi connectivity index (χ0v) is 10.1. The minimum atomic E-state index is -0.733. The van der Waals surface area contributed by atoms with Crippen molar-refractivity contribution in [2.45, 2.75) is 32.7 Å². The van der Waals surface area contributed by atoms with Crippen LogP contribution in [0.2, 0.25) is 0 Å². The second kappa shape index (κ2) is 4.39. The molecule has 2 atom stereocenters. The Kier molecular flexibility index (Phi) is 3.60. The van der Waals surface area contributed by atoms with E-state index in [0.29, 0.717) is 18.8 Å². The van der Waals surface area contributed by atoms with Gasteiger partial charge in [-0.1, -0.05) is 13.8 Å². The standard InChI is InChI=1S/C10H17ClN2O2/c1-4-10(3)8(14)13(9(15)12-10)6-7(2)5-11/h7H,4-6H2,1-3H3,(H,12,15). The maximum absolute atomic E-state index is 11.9. The molecule has 4 nitrogen and oxygen atoms in total. The van der Waals surface area contributed by atoms with Gasteiger partial charge < -0.3 is 5.32 Å². The first kappa shape index (κ1) is 12.3. The fourth-order valence-electron chi connectivity index (χ4n) is 1.51. The Morgan fingerprint density at radius 3 is 2.53 bits per heavy atom. The monoisotopic (exact) mass is 232 g/mol. The van der Waals surface area contributed by atoms with E-state index in [4.69, 9.17) is 11.6 Å². The zero-order valence-electron chi connectivity index (χ0n) is 9.34. The van der Waals surface area contributed by atoms with E-state index in [9.17, 15) is 9.59 Å². The van der Waals surface area contributed by atoms with Crippen LogP contribution >= 0.6 is 11.6 Å². The van der Waals surface area contributed by atoms with Gasteiger partial charge in [0.05, 0.1) is 0 Å². The van der Waals surface area contributed by atoms with Gasteiger partial charge in [0.15, 0.2) is 0 Å². The molecule has 0 aromatic carbocycles. The highest BCUT2D eigenvalue weighted by Gasteiger charge is 2.46. The SMILES string of the molecule is CCC1(C)NC(=O)N(CC(C)CCl)C1=O. The first-order valence-electron chi connectivity index (χ1n) is 5.14. The number of carbonyl (C=O) groups is 2. The minimum absolute atomic E-state index is 0.126. The van der Waals surface area contributed by atoms with E-state index in [2.05, 4.69) is 5.32 Å². The third-order valence-electron chi connectivity index (χ3n) is 2.81. The van der Waals surface area contributed by atoms with Gasteiger partial charge in [0.1, 0.15) is 5.54 Å². The molecular weight excluding hydrogens is 216 g/mol. The molecule has 1 saturated heterocycles. The number of hydrogen-bond acceptors (Lipinski definition) is 2. The fourth-order valence-corrected chi connectivity index (χ4v) is 1.61. The molecule has 1 heterocycles. The highest BCUT2D eigenvalue weighted by molar-refractivity contribution is 6.18. The Labute approximate surface area is 95.0 Å². The van der Waals surface area contributed by atoms with Crippen molar-refractivity contribution in [3.8, 4) is 0 Å². The number of nitrogens with one attached hydrogen (secondary N) is 1. The molecule has 1 N–H and O–H groups in total. The van der Waals surface area contributed by atoms with Crippen molar-refractivity contribution in [2.75, 3.05) is 12.4 Å². The van der Waals surface area contributed by atoms with Gasteiger partial charge >= 0.3 is 6.03 Å². The summed E-state index contributed by atoms with van der Waals surface area (Å²) < 4.78 is 0. The van der Waals surface area contributed by atoms with Gasteiger partial charge in [0.2, 0.25) is 0 Å². The normalized spacial score (nSPS) is 28.1. The first-order valence-corrected chi connectivity index (χ1v) is 5.68. The molecule has 2 unspecified atom stereocenters. The molecule has 1 aliphatic heterocycles. The number of urea groups is 1. The molecule has 1 aliphatic rings. The van der Waals surface area contributed by atoms with Crippen LogP contribution in [0.3, 0.4) is 0 Å². The predicted octanol–water partition coefficient (Wildman–Crippen LogP) is 1.58. The molecule has 1 rings (SSSR count). The van der Waals surface area contributed by atoms with E-state index in [1.807, 2.05) is 13.8 Å². The van der Waals surface area contributed by atoms with Crippen molar-refractivity contribution in [3.05, 3.63) is 0 Å². The molecule has 0 radical (unpaired) electrons. The summed E-state index contributed by atoms with van der Waals surface area (Å²) in [5.41, 5.74) is -0.733. The van der Waals surface area contributed by atoms with Crippen molar-refractivity contribution in [2.24, 2.45) is 5.92 Å². The van der Waals surface area contributed by atoms with Crippen molar-refractivity contribution >= 4 is 23.5 Å². The molecule has 0 spiro atoms. The Hall–Kier alpha value is -0.770. The van der Waals surface area contributed by atoms with Crippen molar-refractivity contribution in [3.63, 3.8) is 0 Å². The molecule has 86 valence electrons. The van der Waals surface area contributed by atoms with Crippen LogP contribution in [0.1, 0.15) is 27.2 Å². The third kappa shape index (κ3) is 2.25. The molecule has 0 aromatic heterocycles. The number of nitrogens with zero attached hydrogens (tertiary/aromatic N) is 1. The van der Waals surface area contributed by atoms with Crippen LogP contribution in [-0.4, -0.2) is 34.8 Å². The van der Waals surface area contributed by atoms with Gasteiger partial charge in [-0.2, -0.15) is 0 Å². The number of rotatable bonds is 4. The molecule has 0 bridgehead atoms. The average Bonchev–Trinajstić information content (AvgIpc) is 2.42. The Morgan fingerprint density at radius 1 is 1.53 bits per heavy atom. The second-order valence-electron chi connectivity index (χ2n) is 4.29. The number of halogens is 1. The molecule has 0 aromatic rings. The average molecular weight is 233 g/mol. The molecule has 1 fully saturated rings. The van der Waals surface area contributed by atoms with Crippen LogP contribution in [0.5, 0.6) is 0 Å². The summed E-state index contributed by atoms with van der Waals surface area (Å²) >= 11 is 5.66. The predicted molar refractivity (Wildman–Crippen MR) is 58.8 cm³/mol. The number of carbonyl (C=O) groups excluding carboxylic acids is 2. The van der Waals surface area contributed by atoms with Crippen molar-refractivity contribution < 1.29 is 9.59 Å². The van der Waals surface area contributed by atoms with Crippen LogP contribution in [0.4, 0.5) is 4.79 Å². The topological polar surface area (TPSA) is 49.4 Å². The quantitative estimate of drug-likeness (QED) is 0.591. The Balaban J connectivity index is 2.76. The number of imide groups is 1. The van der Waals surface area contributed by atoms with E-state index in [1.54, 1.807) is 6.92 Å². The maximum Gasteiger partial charge on any atom is 0.325 e. The van der Waals surface area contributed by atoms with E-state index in [1.165, 1.54) is 4.90 Å². The molecule has 0 aliphatic carbocycles. The lowest BCUT2D eigenvalue weighted by Gasteiger charge is -2.20. The smallest absolute Gasteiger partial charge is 0.323 e. The van der Waals surface area contributed by atoms with Crippen LogP contribution in [-0.2, 0) is 4.79 Å². The summed E-state index contributed by atoms with van der Waals surface area (Å²) in [4.78, 5) is 24.7. The van der Waals surface area contributed by atoms with E-state index in [-0.39, 0.29) is 17.9 Å². The summed E-state index contributed by atoms with van der Waals surface area (Å²) in [6, 6.07) is -0.304. The van der Waals surface area contributed by atoms with Crippen LogP contribution in [0.15, 0.2) is 0 Å². The van der Waals surface area contributed by atoms with Gasteiger partial charge in [-0.25, -0.2) is 4.79 Å². The third-order valence-corrected chi connectivity index (χ3v) is 3.34. The fraction of sp³-hybridized carbons (Fsp3) is 0.800. The van der Waals surface area contributed by atoms with E-state index < -0.39 is 5.54 Å². The zero-order chi connectivity index (χ0) is 11.6. The van der Waals surface area contributed by atoms with Gasteiger partial charge in [-0.15, -0.1) is 11.6 Å². The van der Waals surface area contributed by atoms with Gasteiger partial charge in [-0.3, -0.25) is 9.69 Å². The molecule has 3 amide bonds. The molecular formula is C10H17ClN2O2. The molecule has 5 heteroatoms. The first-order chi connectivity index (χ1) is 6.94. The Morgan fingerprint density at radius 2 is 2.13 bits per heavy atom. The lowest BCUT2D eigenvalue weighted by Crippen LogP contribution is -2.43. The van der Waals surface area contributed by atoms with Gasteiger partial charge in [-0.05, 0) is 19.3 Å². The highest BCUT2D eigenvalue weighted by atomic mass is 35.5. The van der Waals surface area contributed by atoms with Crippen LogP contribution < -0.4 is 5.32 Å². The van der Waals surface area contributed by atoms with E-state index in [0.717, 1.165) is 0 Å². The summed E-state index contributed by atoms with van der Waals surface area (Å²) in [7, 11) is 0. The summed E-state index contributed by atoms with van der Waals surface area (Å²) in [6.07, 6.45) is 0.601. The van der Waals surface area contributed by atoms with Crippen LogP contribution in [0, 0.1) is 5.92 Å². The Bertz CT molecular complexity index is 283. The molecule has 15 heavy (non-hydrogen) atoms. The van der Waals surface area contributed by atoms with Crippen molar-refractivity contribution in [1.82, 2.24) is 10.2 Å². The van der Waals surface area contributed by atoms with Gasteiger partial charge in [0, 0.05) is 12.4 Å². The largest absolute Gasteiger partial charge is 0.325 e. The second-order valence-corrected chi connectivity index (χ2v) is 4.60. The van der Waals surface area contributed by atoms with Gasteiger partial charge in [0.25, 0.3) is 5.91 Å². The lowest BCUT2D eigenvalue weighted by molar-refractivity contribution is -0.131.